The Hall–Kier alpha value is -1.46. The first kappa shape index (κ1) is 14.9. The summed E-state index contributed by atoms with van der Waals surface area (Å²) in [5, 5.41) is 3.79. The highest BCUT2D eigenvalue weighted by atomic mass is 32.2. The summed E-state index contributed by atoms with van der Waals surface area (Å²) in [6, 6.07) is 11.8. The number of aromatic nitrogens is 1. The summed E-state index contributed by atoms with van der Waals surface area (Å²) < 4.78 is 0. The van der Waals surface area contributed by atoms with E-state index in [-0.39, 0.29) is 5.91 Å². The van der Waals surface area contributed by atoms with Crippen molar-refractivity contribution in [3.8, 4) is 0 Å². The molecule has 0 bridgehead atoms. The van der Waals surface area contributed by atoms with E-state index in [1.165, 1.54) is 5.56 Å². The third-order valence-electron chi connectivity index (χ3n) is 2.68. The number of nitrogens with one attached hydrogen (secondary N) is 1. The maximum absolute atomic E-state index is 11.9. The Morgan fingerprint density at radius 2 is 2.05 bits per heavy atom. The van der Waals surface area contributed by atoms with Crippen molar-refractivity contribution in [2.75, 3.05) is 17.3 Å². The Labute approximate surface area is 127 Å². The van der Waals surface area contributed by atoms with Crippen molar-refractivity contribution in [2.45, 2.75) is 16.8 Å². The lowest BCUT2D eigenvalue weighted by Gasteiger charge is -2.07. The maximum atomic E-state index is 11.9. The number of benzene rings is 1. The number of amides is 1. The zero-order valence-electron chi connectivity index (χ0n) is 11.4. The third-order valence-corrected chi connectivity index (χ3v) is 4.52. The highest BCUT2D eigenvalue weighted by Gasteiger charge is 2.05. The van der Waals surface area contributed by atoms with Crippen LogP contribution in [0, 0.1) is 6.92 Å². The van der Waals surface area contributed by atoms with Gasteiger partial charge >= 0.3 is 0 Å². The molecule has 1 aromatic carbocycles. The SMILES string of the molecule is CSc1ccc(NC(=O)CSc2ccccc2C)cn1. The monoisotopic (exact) mass is 304 g/mol. The average molecular weight is 304 g/mol. The fourth-order valence-corrected chi connectivity index (χ4v) is 2.83. The van der Waals surface area contributed by atoms with Gasteiger partial charge in [0.2, 0.25) is 5.91 Å². The van der Waals surface area contributed by atoms with Gasteiger partial charge in [-0.3, -0.25) is 4.79 Å². The molecule has 0 fully saturated rings. The van der Waals surface area contributed by atoms with Crippen LogP contribution in [0.15, 0.2) is 52.5 Å². The summed E-state index contributed by atoms with van der Waals surface area (Å²) in [7, 11) is 0. The topological polar surface area (TPSA) is 42.0 Å². The number of carbonyl (C=O) groups is 1. The minimum atomic E-state index is -0.0167. The molecule has 1 heterocycles. The van der Waals surface area contributed by atoms with Crippen LogP contribution in [-0.2, 0) is 4.79 Å². The lowest BCUT2D eigenvalue weighted by Crippen LogP contribution is -2.14. The number of carbonyl (C=O) groups excluding carboxylic acids is 1. The van der Waals surface area contributed by atoms with Gasteiger partial charge in [-0.15, -0.1) is 23.5 Å². The Morgan fingerprint density at radius 3 is 2.70 bits per heavy atom. The van der Waals surface area contributed by atoms with Crippen LogP contribution in [0.5, 0.6) is 0 Å². The molecule has 0 aliphatic carbocycles. The van der Waals surface area contributed by atoms with Crippen molar-refractivity contribution in [3.05, 3.63) is 48.2 Å². The zero-order valence-corrected chi connectivity index (χ0v) is 13.1. The molecule has 2 aromatic rings. The molecule has 0 spiro atoms. The zero-order chi connectivity index (χ0) is 14.4. The molecule has 0 aliphatic rings. The predicted molar refractivity (Wildman–Crippen MR) is 86.6 cm³/mol. The normalized spacial score (nSPS) is 10.3. The number of pyridine rings is 1. The van der Waals surface area contributed by atoms with E-state index in [9.17, 15) is 4.79 Å². The molecule has 2 rings (SSSR count). The van der Waals surface area contributed by atoms with Crippen LogP contribution in [0.25, 0.3) is 0 Å². The molecule has 20 heavy (non-hydrogen) atoms. The van der Waals surface area contributed by atoms with E-state index >= 15 is 0 Å². The summed E-state index contributed by atoms with van der Waals surface area (Å²) in [5.41, 5.74) is 1.93. The number of thioether (sulfide) groups is 2. The molecule has 5 heteroatoms. The Morgan fingerprint density at radius 1 is 1.25 bits per heavy atom. The van der Waals surface area contributed by atoms with Crippen molar-refractivity contribution >= 4 is 35.1 Å². The second-order valence-corrected chi connectivity index (χ2v) is 6.04. The van der Waals surface area contributed by atoms with Crippen molar-refractivity contribution < 1.29 is 4.79 Å². The highest BCUT2D eigenvalue weighted by molar-refractivity contribution is 8.00. The molecule has 104 valence electrons. The third kappa shape index (κ3) is 4.28. The Bertz CT molecular complexity index is 585. The van der Waals surface area contributed by atoms with Gasteiger partial charge < -0.3 is 5.32 Å². The van der Waals surface area contributed by atoms with Gasteiger partial charge in [-0.1, -0.05) is 18.2 Å². The Balaban J connectivity index is 1.87. The predicted octanol–water partition coefficient (Wildman–Crippen LogP) is 3.84. The van der Waals surface area contributed by atoms with Crippen molar-refractivity contribution in [3.63, 3.8) is 0 Å². The number of nitrogens with zero attached hydrogens (tertiary/aromatic N) is 1. The molecule has 0 aliphatic heterocycles. The molecule has 1 amide bonds. The van der Waals surface area contributed by atoms with E-state index in [2.05, 4.69) is 10.3 Å². The average Bonchev–Trinajstić information content (AvgIpc) is 2.47. The van der Waals surface area contributed by atoms with E-state index in [0.717, 1.165) is 15.6 Å². The number of hydrogen-bond donors (Lipinski definition) is 1. The molecule has 0 unspecified atom stereocenters. The maximum Gasteiger partial charge on any atom is 0.234 e. The summed E-state index contributed by atoms with van der Waals surface area (Å²) in [6.07, 6.45) is 3.65. The lowest BCUT2D eigenvalue weighted by atomic mass is 10.2. The summed E-state index contributed by atoms with van der Waals surface area (Å²) >= 11 is 3.12. The molecule has 1 N–H and O–H groups in total. The van der Waals surface area contributed by atoms with Gasteiger partial charge in [0.25, 0.3) is 0 Å². The van der Waals surface area contributed by atoms with Gasteiger partial charge in [0.1, 0.15) is 0 Å². The smallest absolute Gasteiger partial charge is 0.234 e. The van der Waals surface area contributed by atoms with Gasteiger partial charge in [-0.05, 0) is 36.9 Å². The van der Waals surface area contributed by atoms with Gasteiger partial charge in [0, 0.05) is 4.90 Å². The van der Waals surface area contributed by atoms with Gasteiger partial charge in [-0.2, -0.15) is 0 Å². The minimum Gasteiger partial charge on any atom is -0.324 e. The second-order valence-electron chi connectivity index (χ2n) is 4.19. The van der Waals surface area contributed by atoms with Crippen molar-refractivity contribution in [1.29, 1.82) is 0 Å². The fraction of sp³-hybridized carbons (Fsp3) is 0.200. The number of anilines is 1. The molecule has 0 saturated heterocycles. The molecule has 3 nitrogen and oxygen atoms in total. The first-order valence-corrected chi connectivity index (χ1v) is 8.38. The van der Waals surface area contributed by atoms with Crippen LogP contribution in [0.1, 0.15) is 5.56 Å². The quantitative estimate of drug-likeness (QED) is 0.852. The van der Waals surface area contributed by atoms with Gasteiger partial charge in [0.15, 0.2) is 0 Å². The van der Waals surface area contributed by atoms with Crippen LogP contribution in [0.2, 0.25) is 0 Å². The molecular weight excluding hydrogens is 288 g/mol. The number of rotatable bonds is 5. The van der Waals surface area contributed by atoms with Crippen LogP contribution in [-0.4, -0.2) is 22.9 Å². The molecule has 0 radical (unpaired) electrons. The summed E-state index contributed by atoms with van der Waals surface area (Å²) in [6.45, 7) is 2.05. The number of aryl methyl sites for hydroxylation is 1. The van der Waals surface area contributed by atoms with Crippen LogP contribution < -0.4 is 5.32 Å². The summed E-state index contributed by atoms with van der Waals surface area (Å²) in [5.74, 6) is 0.381. The molecule has 1 aromatic heterocycles. The molecule has 0 atom stereocenters. The molecular formula is C15H16N2OS2. The van der Waals surface area contributed by atoms with Gasteiger partial charge in [0.05, 0.1) is 22.7 Å². The lowest BCUT2D eigenvalue weighted by molar-refractivity contribution is -0.113. The van der Waals surface area contributed by atoms with E-state index in [1.54, 1.807) is 29.7 Å². The van der Waals surface area contributed by atoms with Crippen molar-refractivity contribution in [2.24, 2.45) is 0 Å². The van der Waals surface area contributed by atoms with E-state index < -0.39 is 0 Å². The van der Waals surface area contributed by atoms with Crippen LogP contribution >= 0.6 is 23.5 Å². The molecule has 0 saturated carbocycles. The summed E-state index contributed by atoms with van der Waals surface area (Å²) in [4.78, 5) is 17.2. The largest absolute Gasteiger partial charge is 0.324 e. The van der Waals surface area contributed by atoms with Crippen LogP contribution in [0.3, 0.4) is 0 Å². The fourth-order valence-electron chi connectivity index (χ4n) is 1.63. The van der Waals surface area contributed by atoms with E-state index in [4.69, 9.17) is 0 Å². The van der Waals surface area contributed by atoms with E-state index in [0.29, 0.717) is 5.75 Å². The first-order valence-electron chi connectivity index (χ1n) is 6.17. The Kier molecular flexibility index (Phi) is 5.49. The minimum absolute atomic E-state index is 0.0167. The first-order chi connectivity index (χ1) is 9.69. The second kappa shape index (κ2) is 7.36. The standard InChI is InChI=1S/C15H16N2OS2/c1-11-5-3-4-6-13(11)20-10-14(18)17-12-7-8-15(19-2)16-9-12/h3-9H,10H2,1-2H3,(H,17,18). The van der Waals surface area contributed by atoms with Crippen molar-refractivity contribution in [1.82, 2.24) is 4.98 Å². The highest BCUT2D eigenvalue weighted by Crippen LogP contribution is 2.22. The van der Waals surface area contributed by atoms with E-state index in [1.807, 2.05) is 49.6 Å². The van der Waals surface area contributed by atoms with Gasteiger partial charge in [-0.25, -0.2) is 4.98 Å². The number of hydrogen-bond acceptors (Lipinski definition) is 4. The van der Waals surface area contributed by atoms with Crippen LogP contribution in [0.4, 0.5) is 5.69 Å².